The molecule has 3 rings (SSSR count). The molecular formula is C15H21NO2S. The summed E-state index contributed by atoms with van der Waals surface area (Å²) in [5.74, 6) is 0.256. The lowest BCUT2D eigenvalue weighted by atomic mass is 9.70. The summed E-state index contributed by atoms with van der Waals surface area (Å²) in [6.45, 7) is 6.25. The van der Waals surface area contributed by atoms with Crippen LogP contribution in [0, 0.1) is 0 Å². The van der Waals surface area contributed by atoms with E-state index in [4.69, 9.17) is 0 Å². The van der Waals surface area contributed by atoms with Crippen molar-refractivity contribution in [3.63, 3.8) is 0 Å². The number of rotatable bonds is 0. The number of sulfone groups is 1. The molecule has 1 aliphatic heterocycles. The highest BCUT2D eigenvalue weighted by Crippen LogP contribution is 2.45. The monoisotopic (exact) mass is 279 g/mol. The van der Waals surface area contributed by atoms with Crippen molar-refractivity contribution in [3.05, 3.63) is 35.4 Å². The van der Waals surface area contributed by atoms with E-state index in [2.05, 4.69) is 31.3 Å². The Balaban J connectivity index is 2.17. The van der Waals surface area contributed by atoms with Crippen LogP contribution in [0.15, 0.2) is 24.3 Å². The van der Waals surface area contributed by atoms with Gasteiger partial charge in [-0.3, -0.25) is 0 Å². The van der Waals surface area contributed by atoms with Gasteiger partial charge in [-0.05, 0) is 29.9 Å². The van der Waals surface area contributed by atoms with Crippen molar-refractivity contribution in [1.82, 2.24) is 5.32 Å². The molecule has 1 fully saturated rings. The largest absolute Gasteiger partial charge is 0.305 e. The Morgan fingerprint density at radius 3 is 2.68 bits per heavy atom. The Morgan fingerprint density at radius 2 is 1.95 bits per heavy atom. The van der Waals surface area contributed by atoms with E-state index >= 15 is 0 Å². The topological polar surface area (TPSA) is 46.2 Å². The SMILES string of the molecule is CC1CS(=O)(=O)C2CC(C)(C)c3ccccc3C2N1. The molecule has 104 valence electrons. The van der Waals surface area contributed by atoms with Crippen LogP contribution in [0.25, 0.3) is 0 Å². The average Bonchev–Trinajstić information content (AvgIpc) is 2.31. The van der Waals surface area contributed by atoms with Gasteiger partial charge in [0.25, 0.3) is 0 Å². The maximum atomic E-state index is 12.5. The predicted molar refractivity (Wildman–Crippen MR) is 77.0 cm³/mol. The maximum Gasteiger partial charge on any atom is 0.156 e. The Kier molecular flexibility index (Phi) is 2.81. The average molecular weight is 279 g/mol. The third kappa shape index (κ3) is 2.01. The van der Waals surface area contributed by atoms with Gasteiger partial charge in [0.1, 0.15) is 0 Å². The number of benzene rings is 1. The summed E-state index contributed by atoms with van der Waals surface area (Å²) in [5, 5.41) is 3.20. The van der Waals surface area contributed by atoms with Gasteiger partial charge in [0, 0.05) is 12.1 Å². The highest BCUT2D eigenvalue weighted by Gasteiger charge is 2.48. The molecule has 1 N–H and O–H groups in total. The zero-order chi connectivity index (χ0) is 13.8. The van der Waals surface area contributed by atoms with E-state index in [1.807, 2.05) is 19.1 Å². The zero-order valence-corrected chi connectivity index (χ0v) is 12.5. The van der Waals surface area contributed by atoms with Gasteiger partial charge in [0.05, 0.1) is 11.0 Å². The van der Waals surface area contributed by atoms with Crippen LogP contribution in [0.3, 0.4) is 0 Å². The van der Waals surface area contributed by atoms with E-state index in [1.54, 1.807) is 0 Å². The van der Waals surface area contributed by atoms with Gasteiger partial charge in [-0.1, -0.05) is 38.1 Å². The van der Waals surface area contributed by atoms with Crippen molar-refractivity contribution in [2.75, 3.05) is 5.75 Å². The smallest absolute Gasteiger partial charge is 0.156 e. The molecule has 3 atom stereocenters. The number of hydrogen-bond donors (Lipinski definition) is 1. The van der Waals surface area contributed by atoms with Crippen molar-refractivity contribution < 1.29 is 8.42 Å². The van der Waals surface area contributed by atoms with E-state index in [-0.39, 0.29) is 28.5 Å². The highest BCUT2D eigenvalue weighted by atomic mass is 32.2. The summed E-state index contributed by atoms with van der Waals surface area (Å²) in [7, 11) is -3.01. The van der Waals surface area contributed by atoms with Crippen molar-refractivity contribution in [2.24, 2.45) is 0 Å². The number of fused-ring (bicyclic) bond motifs is 3. The number of nitrogens with one attached hydrogen (secondary N) is 1. The molecule has 0 amide bonds. The van der Waals surface area contributed by atoms with Gasteiger partial charge in [0.2, 0.25) is 0 Å². The summed E-state index contributed by atoms with van der Waals surface area (Å²) >= 11 is 0. The van der Waals surface area contributed by atoms with E-state index < -0.39 is 9.84 Å². The highest BCUT2D eigenvalue weighted by molar-refractivity contribution is 7.92. The molecule has 4 heteroatoms. The summed E-state index contributed by atoms with van der Waals surface area (Å²) in [6.07, 6.45) is 0.705. The minimum absolute atomic E-state index is 0.0283. The molecule has 1 saturated heterocycles. The van der Waals surface area contributed by atoms with Crippen LogP contribution in [0.5, 0.6) is 0 Å². The van der Waals surface area contributed by atoms with Crippen molar-refractivity contribution >= 4 is 9.84 Å². The quantitative estimate of drug-likeness (QED) is 0.792. The Hall–Kier alpha value is -0.870. The molecule has 2 aliphatic rings. The second-order valence-electron chi connectivity index (χ2n) is 6.59. The molecule has 3 unspecified atom stereocenters. The lowest BCUT2D eigenvalue weighted by molar-refractivity contribution is 0.327. The second kappa shape index (κ2) is 4.06. The second-order valence-corrected chi connectivity index (χ2v) is 8.85. The minimum atomic E-state index is -3.01. The van der Waals surface area contributed by atoms with Crippen LogP contribution < -0.4 is 5.32 Å². The molecule has 3 nitrogen and oxygen atoms in total. The Labute approximate surface area is 115 Å². The van der Waals surface area contributed by atoms with Gasteiger partial charge in [-0.2, -0.15) is 0 Å². The van der Waals surface area contributed by atoms with Crippen LogP contribution in [0.4, 0.5) is 0 Å². The summed E-state index contributed by atoms with van der Waals surface area (Å²) in [6, 6.07) is 8.25. The van der Waals surface area contributed by atoms with Gasteiger partial charge in [0.15, 0.2) is 9.84 Å². The van der Waals surface area contributed by atoms with E-state index in [1.165, 1.54) is 11.1 Å². The lowest BCUT2D eigenvalue weighted by Crippen LogP contribution is -2.55. The first-order valence-corrected chi connectivity index (χ1v) is 8.60. The molecule has 1 aromatic rings. The van der Waals surface area contributed by atoms with Gasteiger partial charge in [-0.25, -0.2) is 8.42 Å². The lowest BCUT2D eigenvalue weighted by Gasteiger charge is -2.46. The van der Waals surface area contributed by atoms with Crippen LogP contribution in [-0.4, -0.2) is 25.5 Å². The normalized spacial score (nSPS) is 35.2. The predicted octanol–water partition coefficient (Wildman–Crippen LogP) is 2.18. The Bertz CT molecular complexity index is 606. The van der Waals surface area contributed by atoms with Gasteiger partial charge in [-0.15, -0.1) is 0 Å². The van der Waals surface area contributed by atoms with E-state index in [9.17, 15) is 8.42 Å². The third-order valence-corrected chi connectivity index (χ3v) is 6.84. The molecule has 0 saturated carbocycles. The molecule has 19 heavy (non-hydrogen) atoms. The van der Waals surface area contributed by atoms with Crippen molar-refractivity contribution in [2.45, 2.75) is 49.9 Å². The summed E-state index contributed by atoms with van der Waals surface area (Å²) < 4.78 is 25.0. The molecule has 1 aromatic carbocycles. The molecule has 1 aliphatic carbocycles. The first-order chi connectivity index (χ1) is 8.81. The van der Waals surface area contributed by atoms with Crippen molar-refractivity contribution in [1.29, 1.82) is 0 Å². The maximum absolute atomic E-state index is 12.5. The fraction of sp³-hybridized carbons (Fsp3) is 0.600. The van der Waals surface area contributed by atoms with Crippen molar-refractivity contribution in [3.8, 4) is 0 Å². The van der Waals surface area contributed by atoms with Crippen LogP contribution >= 0.6 is 0 Å². The van der Waals surface area contributed by atoms with Gasteiger partial charge < -0.3 is 5.32 Å². The molecule has 0 bridgehead atoms. The molecular weight excluding hydrogens is 258 g/mol. The minimum Gasteiger partial charge on any atom is -0.305 e. The van der Waals surface area contributed by atoms with Crippen LogP contribution in [-0.2, 0) is 15.3 Å². The first-order valence-electron chi connectivity index (χ1n) is 6.88. The van der Waals surface area contributed by atoms with E-state index in [0.29, 0.717) is 6.42 Å². The first kappa shape index (κ1) is 13.1. The van der Waals surface area contributed by atoms with Crippen LogP contribution in [0.1, 0.15) is 44.4 Å². The zero-order valence-electron chi connectivity index (χ0n) is 11.7. The Morgan fingerprint density at radius 1 is 1.26 bits per heavy atom. The van der Waals surface area contributed by atoms with Crippen LogP contribution in [0.2, 0.25) is 0 Å². The summed E-state index contributed by atoms with van der Waals surface area (Å²) in [5.41, 5.74) is 2.37. The summed E-state index contributed by atoms with van der Waals surface area (Å²) in [4.78, 5) is 0. The number of hydrogen-bond acceptors (Lipinski definition) is 3. The molecule has 0 spiro atoms. The van der Waals surface area contributed by atoms with Gasteiger partial charge >= 0.3 is 0 Å². The molecule has 0 aromatic heterocycles. The standard InChI is InChI=1S/C15H21NO2S/c1-10-9-19(17,18)13-8-15(2,3)12-7-5-4-6-11(12)14(13)16-10/h4-7,10,13-14,16H,8-9H2,1-3H3. The fourth-order valence-electron chi connectivity index (χ4n) is 3.67. The third-order valence-electron chi connectivity index (χ3n) is 4.52. The van der Waals surface area contributed by atoms with E-state index in [0.717, 1.165) is 0 Å². The molecule has 0 radical (unpaired) electrons. The fourth-order valence-corrected chi connectivity index (χ4v) is 6.02. The molecule has 1 heterocycles.